The Balaban J connectivity index is 1.90. The van der Waals surface area contributed by atoms with Gasteiger partial charge in [0.15, 0.2) is 0 Å². The average Bonchev–Trinajstić information content (AvgIpc) is 3.02. The summed E-state index contributed by atoms with van der Waals surface area (Å²) in [5.41, 5.74) is 3.49. The van der Waals surface area contributed by atoms with Gasteiger partial charge in [-0.15, -0.1) is 0 Å². The molecule has 3 heteroatoms. The largest absolute Gasteiger partial charge is 0.368 e. The minimum Gasteiger partial charge on any atom is -0.368 e. The highest BCUT2D eigenvalue weighted by molar-refractivity contribution is 6.00. The number of ether oxygens (including phenoxy) is 1. The molecule has 1 aromatic rings. The van der Waals surface area contributed by atoms with Crippen molar-refractivity contribution in [2.24, 2.45) is 4.99 Å². The van der Waals surface area contributed by atoms with Gasteiger partial charge in [-0.25, -0.2) is 0 Å². The number of benzene rings is 1. The second-order valence-corrected chi connectivity index (χ2v) is 4.94. The minimum absolute atomic E-state index is 0.127. The summed E-state index contributed by atoms with van der Waals surface area (Å²) in [6.45, 7) is 1.78. The number of amidine groups is 1. The van der Waals surface area contributed by atoms with Gasteiger partial charge in [0.25, 0.3) is 0 Å². The highest BCUT2D eigenvalue weighted by Crippen LogP contribution is 2.20. The summed E-state index contributed by atoms with van der Waals surface area (Å²) in [6.07, 6.45) is 6.85. The third kappa shape index (κ3) is 3.24. The zero-order chi connectivity index (χ0) is 14.5. The lowest BCUT2D eigenvalue weighted by Crippen LogP contribution is -2.19. The molecule has 1 N–H and O–H groups in total. The number of rotatable bonds is 3. The molecular formula is C18H18N2O. The van der Waals surface area contributed by atoms with Crippen LogP contribution in [-0.2, 0) is 4.74 Å². The van der Waals surface area contributed by atoms with Crippen LogP contribution in [0.3, 0.4) is 0 Å². The van der Waals surface area contributed by atoms with Gasteiger partial charge in [0.05, 0.1) is 6.54 Å². The molecule has 0 spiro atoms. The molecule has 1 aromatic carbocycles. The molecule has 3 nitrogen and oxygen atoms in total. The molecule has 1 aliphatic carbocycles. The Labute approximate surface area is 125 Å². The van der Waals surface area contributed by atoms with E-state index in [0.717, 1.165) is 30.9 Å². The normalized spacial score (nSPS) is 24.5. The second kappa shape index (κ2) is 6.43. The van der Waals surface area contributed by atoms with E-state index in [9.17, 15) is 0 Å². The average molecular weight is 278 g/mol. The number of methoxy groups -OCH3 is 1. The molecule has 1 atom stereocenters. The fourth-order valence-corrected chi connectivity index (χ4v) is 2.42. The molecular weight excluding hydrogens is 260 g/mol. The highest BCUT2D eigenvalue weighted by atomic mass is 16.5. The fourth-order valence-electron chi connectivity index (χ4n) is 2.42. The van der Waals surface area contributed by atoms with Crippen molar-refractivity contribution in [3.8, 4) is 11.8 Å². The van der Waals surface area contributed by atoms with Crippen LogP contribution in [0, 0.1) is 11.8 Å². The predicted octanol–water partition coefficient (Wildman–Crippen LogP) is 2.40. The van der Waals surface area contributed by atoms with Crippen molar-refractivity contribution in [2.45, 2.75) is 12.5 Å². The topological polar surface area (TPSA) is 33.6 Å². The molecule has 1 aliphatic heterocycles. The molecule has 21 heavy (non-hydrogen) atoms. The quantitative estimate of drug-likeness (QED) is 0.861. The van der Waals surface area contributed by atoms with Gasteiger partial charge < -0.3 is 10.1 Å². The smallest absolute Gasteiger partial charge is 0.136 e. The van der Waals surface area contributed by atoms with Gasteiger partial charge in [-0.05, 0) is 23.3 Å². The van der Waals surface area contributed by atoms with E-state index in [1.54, 1.807) is 7.11 Å². The molecule has 1 heterocycles. The van der Waals surface area contributed by atoms with Crippen molar-refractivity contribution in [3.63, 3.8) is 0 Å². The van der Waals surface area contributed by atoms with E-state index in [4.69, 9.17) is 4.74 Å². The van der Waals surface area contributed by atoms with E-state index in [1.165, 1.54) is 11.1 Å². The highest BCUT2D eigenvalue weighted by Gasteiger charge is 2.09. The summed E-state index contributed by atoms with van der Waals surface area (Å²) in [6, 6.07) is 8.45. The summed E-state index contributed by atoms with van der Waals surface area (Å²) in [4.78, 5) is 4.48. The third-order valence-electron chi connectivity index (χ3n) is 3.52. The molecule has 0 saturated heterocycles. The van der Waals surface area contributed by atoms with Crippen molar-refractivity contribution in [1.82, 2.24) is 5.32 Å². The van der Waals surface area contributed by atoms with Crippen LogP contribution in [0.25, 0.3) is 5.57 Å². The monoisotopic (exact) mass is 278 g/mol. The van der Waals surface area contributed by atoms with Gasteiger partial charge >= 0.3 is 0 Å². The third-order valence-corrected chi connectivity index (χ3v) is 3.52. The van der Waals surface area contributed by atoms with E-state index in [-0.39, 0.29) is 6.10 Å². The van der Waals surface area contributed by atoms with Gasteiger partial charge in [-0.3, -0.25) is 4.99 Å². The molecule has 0 bridgehead atoms. The molecule has 0 aromatic heterocycles. The number of nitrogens with zero attached hydrogens (tertiary/aromatic N) is 1. The Hall–Kier alpha value is -2.31. The molecule has 0 radical (unpaired) electrons. The Kier molecular flexibility index (Phi) is 4.18. The fraction of sp³-hybridized carbons (Fsp3) is 0.278. The van der Waals surface area contributed by atoms with Crippen LogP contribution in [0.2, 0.25) is 0 Å². The Bertz CT molecular complexity index is 674. The van der Waals surface area contributed by atoms with Crippen LogP contribution in [0.1, 0.15) is 17.5 Å². The molecule has 1 unspecified atom stereocenters. The number of hydrogen-bond acceptors (Lipinski definition) is 3. The molecule has 0 amide bonds. The summed E-state index contributed by atoms with van der Waals surface area (Å²) in [5, 5.41) is 3.31. The van der Waals surface area contributed by atoms with E-state index in [2.05, 4.69) is 58.6 Å². The Morgan fingerprint density at radius 1 is 1.33 bits per heavy atom. The maximum atomic E-state index is 5.30. The number of aliphatic imine (C=N–C) groups is 1. The number of allylic oxidation sites excluding steroid dienone is 3. The first kappa shape index (κ1) is 13.7. The van der Waals surface area contributed by atoms with E-state index in [1.807, 2.05) is 6.08 Å². The minimum atomic E-state index is -0.127. The number of nitrogens with one attached hydrogen (secondary N) is 1. The van der Waals surface area contributed by atoms with Gasteiger partial charge in [-0.1, -0.05) is 42.2 Å². The lowest BCUT2D eigenvalue weighted by atomic mass is 10.00. The standard InChI is InChI=1S/C18H18N2O/c1-21-17-8-3-2-5-14(9-10-17)15-6-4-7-16(13-15)18-19-11-12-20-18/h4-7,9-10,13,17H,2,11-12H2,1H3,(H,19,20)/b10-9-,14-5+. The second-order valence-electron chi connectivity index (χ2n) is 4.94. The molecule has 0 fully saturated rings. The molecule has 106 valence electrons. The first-order valence-corrected chi connectivity index (χ1v) is 7.15. The number of hydrogen-bond donors (Lipinski definition) is 1. The zero-order valence-electron chi connectivity index (χ0n) is 12.1. The van der Waals surface area contributed by atoms with Gasteiger partial charge in [0, 0.05) is 25.6 Å². The van der Waals surface area contributed by atoms with E-state index >= 15 is 0 Å². The van der Waals surface area contributed by atoms with Crippen molar-refractivity contribution >= 4 is 11.4 Å². The first-order valence-electron chi connectivity index (χ1n) is 7.15. The summed E-state index contributed by atoms with van der Waals surface area (Å²) in [5.74, 6) is 7.17. The maximum Gasteiger partial charge on any atom is 0.136 e. The van der Waals surface area contributed by atoms with Crippen molar-refractivity contribution in [1.29, 1.82) is 0 Å². The van der Waals surface area contributed by atoms with Crippen LogP contribution >= 0.6 is 0 Å². The predicted molar refractivity (Wildman–Crippen MR) is 86.2 cm³/mol. The maximum absolute atomic E-state index is 5.30. The van der Waals surface area contributed by atoms with Crippen LogP contribution in [0.4, 0.5) is 0 Å². The van der Waals surface area contributed by atoms with Crippen LogP contribution in [-0.4, -0.2) is 32.1 Å². The van der Waals surface area contributed by atoms with Crippen molar-refractivity contribution < 1.29 is 4.74 Å². The summed E-state index contributed by atoms with van der Waals surface area (Å²) >= 11 is 0. The van der Waals surface area contributed by atoms with Gasteiger partial charge in [0.1, 0.15) is 11.9 Å². The van der Waals surface area contributed by atoms with Crippen LogP contribution < -0.4 is 5.32 Å². The first-order chi connectivity index (χ1) is 10.4. The lowest BCUT2D eigenvalue weighted by molar-refractivity contribution is 0.184. The Morgan fingerprint density at radius 2 is 2.24 bits per heavy atom. The summed E-state index contributed by atoms with van der Waals surface area (Å²) < 4.78 is 5.30. The van der Waals surface area contributed by atoms with Crippen LogP contribution in [0.15, 0.2) is 47.5 Å². The SMILES string of the molecule is COC1C#CC/C=C(c2cccc(C3=NCCN3)c2)\C=C/1. The molecule has 2 aliphatic rings. The summed E-state index contributed by atoms with van der Waals surface area (Å²) in [7, 11) is 1.68. The zero-order valence-corrected chi connectivity index (χ0v) is 12.1. The van der Waals surface area contributed by atoms with Gasteiger partial charge in [0.2, 0.25) is 0 Å². The van der Waals surface area contributed by atoms with E-state index < -0.39 is 0 Å². The van der Waals surface area contributed by atoms with Crippen LogP contribution in [0.5, 0.6) is 0 Å². The Morgan fingerprint density at radius 3 is 3.05 bits per heavy atom. The van der Waals surface area contributed by atoms with E-state index in [0.29, 0.717) is 0 Å². The lowest BCUT2D eigenvalue weighted by Gasteiger charge is -2.09. The molecule has 0 saturated carbocycles. The molecule has 3 rings (SSSR count). The van der Waals surface area contributed by atoms with Crippen molar-refractivity contribution in [3.05, 3.63) is 53.6 Å². The van der Waals surface area contributed by atoms with Crippen molar-refractivity contribution in [2.75, 3.05) is 20.2 Å². The van der Waals surface area contributed by atoms with Gasteiger partial charge in [-0.2, -0.15) is 0 Å².